The first kappa shape index (κ1) is 13.8. The van der Waals surface area contributed by atoms with Gasteiger partial charge in [0, 0.05) is 6.42 Å². The van der Waals surface area contributed by atoms with Gasteiger partial charge in [-0.1, -0.05) is 0 Å². The number of nitrogens with zero attached hydrogens (tertiary/aromatic N) is 4. The molecule has 0 unspecified atom stereocenters. The topological polar surface area (TPSA) is 112 Å². The number of aromatic nitrogens is 4. The second-order valence-electron chi connectivity index (χ2n) is 5.47. The number of fused-ring (bicyclic) bond motifs is 2. The molecule has 4 heterocycles. The fraction of sp³-hybridized carbons (Fsp3) is 0.615. The van der Waals surface area contributed by atoms with Crippen LogP contribution in [0.4, 0.5) is 0 Å². The van der Waals surface area contributed by atoms with E-state index in [9.17, 15) is 10.2 Å². The van der Waals surface area contributed by atoms with Gasteiger partial charge >= 0.3 is 0 Å². The quantitative estimate of drug-likeness (QED) is 0.761. The average Bonchev–Trinajstić information content (AvgIpc) is 3.21. The highest BCUT2D eigenvalue weighted by Gasteiger charge is 2.59. The predicted octanol–water partition coefficient (Wildman–Crippen LogP) is -0.755. The number of rotatable bonds is 3. The second kappa shape index (κ2) is 4.85. The third-order valence-electron chi connectivity index (χ3n) is 4.36. The van der Waals surface area contributed by atoms with Crippen LogP contribution in [-0.2, 0) is 9.47 Å². The van der Waals surface area contributed by atoms with E-state index in [1.54, 1.807) is 4.57 Å². The Morgan fingerprint density at radius 2 is 2.32 bits per heavy atom. The lowest BCUT2D eigenvalue weighted by molar-refractivity contribution is -0.108. The highest BCUT2D eigenvalue weighted by molar-refractivity contribution is 5.76. The number of imidazole rings is 1. The Labute approximate surface area is 125 Å². The molecular weight excluding hydrogens is 292 g/mol. The van der Waals surface area contributed by atoms with Crippen LogP contribution in [0.15, 0.2) is 12.7 Å². The van der Waals surface area contributed by atoms with Crippen LogP contribution in [-0.4, -0.2) is 67.9 Å². The number of hydrogen-bond donors (Lipinski definition) is 2. The number of ether oxygens (including phenoxy) is 3. The van der Waals surface area contributed by atoms with Gasteiger partial charge in [-0.2, -0.15) is 4.98 Å². The van der Waals surface area contributed by atoms with Crippen LogP contribution in [0.3, 0.4) is 0 Å². The summed E-state index contributed by atoms with van der Waals surface area (Å²) in [6.45, 7) is 0.242. The molecule has 0 radical (unpaired) electrons. The van der Waals surface area contributed by atoms with E-state index in [4.69, 9.17) is 14.2 Å². The molecule has 2 aliphatic heterocycles. The van der Waals surface area contributed by atoms with Gasteiger partial charge in [0.25, 0.3) is 0 Å². The summed E-state index contributed by atoms with van der Waals surface area (Å²) < 4.78 is 18.3. The van der Waals surface area contributed by atoms with Crippen molar-refractivity contribution >= 4 is 11.2 Å². The smallest absolute Gasteiger partial charge is 0.245 e. The van der Waals surface area contributed by atoms with E-state index < -0.39 is 24.0 Å². The van der Waals surface area contributed by atoms with Crippen molar-refractivity contribution in [2.75, 3.05) is 20.3 Å². The van der Waals surface area contributed by atoms with E-state index >= 15 is 0 Å². The summed E-state index contributed by atoms with van der Waals surface area (Å²) in [5.74, 6) is 0.351. The summed E-state index contributed by atoms with van der Waals surface area (Å²) >= 11 is 0. The molecule has 22 heavy (non-hydrogen) atoms. The minimum absolute atomic E-state index is 0.212. The lowest BCUT2D eigenvalue weighted by atomic mass is 9.95. The van der Waals surface area contributed by atoms with Crippen molar-refractivity contribution < 1.29 is 24.4 Å². The third-order valence-corrected chi connectivity index (χ3v) is 4.36. The van der Waals surface area contributed by atoms with Gasteiger partial charge in [-0.25, -0.2) is 9.97 Å². The van der Waals surface area contributed by atoms with Crippen molar-refractivity contribution in [2.45, 2.75) is 30.5 Å². The summed E-state index contributed by atoms with van der Waals surface area (Å²) in [6.07, 6.45) is 1.19. The Balaban J connectivity index is 1.77. The summed E-state index contributed by atoms with van der Waals surface area (Å²) in [5.41, 5.74) is 0.0958. The average molecular weight is 308 g/mol. The molecule has 0 saturated carbocycles. The monoisotopic (exact) mass is 308 g/mol. The van der Waals surface area contributed by atoms with Crippen LogP contribution in [0.1, 0.15) is 12.6 Å². The largest absolute Gasteiger partial charge is 0.479 e. The zero-order chi connectivity index (χ0) is 15.3. The first-order valence-electron chi connectivity index (χ1n) is 7.00. The highest BCUT2D eigenvalue weighted by atomic mass is 16.6. The number of aliphatic hydroxyl groups excluding tert-OH is 2. The Kier molecular flexibility index (Phi) is 3.05. The van der Waals surface area contributed by atoms with Gasteiger partial charge in [-0.15, -0.1) is 0 Å². The normalized spacial score (nSPS) is 34.2. The molecule has 2 aliphatic rings. The zero-order valence-electron chi connectivity index (χ0n) is 11.9. The van der Waals surface area contributed by atoms with Crippen LogP contribution < -0.4 is 4.74 Å². The van der Waals surface area contributed by atoms with E-state index in [0.717, 1.165) is 0 Å². The molecule has 2 fully saturated rings. The van der Waals surface area contributed by atoms with Crippen molar-refractivity contribution in [3.05, 3.63) is 12.7 Å². The lowest BCUT2D eigenvalue weighted by Gasteiger charge is -2.24. The molecule has 0 aromatic carbocycles. The number of methoxy groups -OCH3 is 1. The summed E-state index contributed by atoms with van der Waals surface area (Å²) in [7, 11) is 1.50. The van der Waals surface area contributed by atoms with Crippen LogP contribution in [0.2, 0.25) is 0 Å². The molecule has 2 N–H and O–H groups in total. The summed E-state index contributed by atoms with van der Waals surface area (Å²) in [4.78, 5) is 12.4. The molecule has 118 valence electrons. The molecule has 0 spiro atoms. The number of aliphatic hydroxyl groups is 2. The predicted molar refractivity (Wildman–Crippen MR) is 72.2 cm³/mol. The summed E-state index contributed by atoms with van der Waals surface area (Å²) in [5, 5.41) is 20.2. The van der Waals surface area contributed by atoms with E-state index in [-0.39, 0.29) is 6.61 Å². The fourth-order valence-electron chi connectivity index (χ4n) is 3.24. The third kappa shape index (κ3) is 1.70. The van der Waals surface area contributed by atoms with Crippen LogP contribution >= 0.6 is 0 Å². The SMILES string of the molecule is COc1ncnc2c1ncn2[C@@H]1O[C@@]2(CO)CCO[C@H]2[C@H]1O. The lowest BCUT2D eigenvalue weighted by Crippen LogP contribution is -2.42. The molecule has 2 aromatic rings. The van der Waals surface area contributed by atoms with Gasteiger partial charge < -0.3 is 24.4 Å². The van der Waals surface area contributed by atoms with Crippen LogP contribution in [0.5, 0.6) is 5.88 Å². The molecule has 9 nitrogen and oxygen atoms in total. The maximum absolute atomic E-state index is 10.5. The molecular formula is C13H16N4O5. The highest BCUT2D eigenvalue weighted by Crippen LogP contribution is 2.45. The molecule has 4 atom stereocenters. The van der Waals surface area contributed by atoms with Crippen LogP contribution in [0, 0.1) is 0 Å². The van der Waals surface area contributed by atoms with E-state index in [0.29, 0.717) is 30.1 Å². The second-order valence-corrected chi connectivity index (χ2v) is 5.47. The molecule has 2 saturated heterocycles. The Morgan fingerprint density at radius 3 is 3.05 bits per heavy atom. The van der Waals surface area contributed by atoms with Gasteiger partial charge in [-0.3, -0.25) is 4.57 Å². The molecule has 0 aliphatic carbocycles. The first-order valence-corrected chi connectivity index (χ1v) is 7.00. The van der Waals surface area contributed by atoms with Gasteiger partial charge in [0.2, 0.25) is 5.88 Å². The molecule has 9 heteroatoms. The van der Waals surface area contributed by atoms with Crippen molar-refractivity contribution in [2.24, 2.45) is 0 Å². The van der Waals surface area contributed by atoms with Crippen LogP contribution in [0.25, 0.3) is 11.2 Å². The molecule has 4 rings (SSSR count). The minimum Gasteiger partial charge on any atom is -0.479 e. The first-order chi connectivity index (χ1) is 10.7. The van der Waals surface area contributed by atoms with E-state index in [2.05, 4.69) is 15.0 Å². The standard InChI is InChI=1S/C13H16N4O5/c1-20-11-7-10(14-5-15-11)17(6-16-7)12-8(19)9-13(4-18,22-12)2-3-21-9/h5-6,8-9,12,18-19H,2-4H2,1H3/t8-,9+,12-,13-/m1/s1. The molecule has 0 amide bonds. The van der Waals surface area contributed by atoms with Crippen molar-refractivity contribution in [3.63, 3.8) is 0 Å². The van der Waals surface area contributed by atoms with Crippen molar-refractivity contribution in [1.29, 1.82) is 0 Å². The Hall–Kier alpha value is -1.81. The van der Waals surface area contributed by atoms with Gasteiger partial charge in [0.15, 0.2) is 17.4 Å². The minimum atomic E-state index is -0.923. The molecule has 2 aromatic heterocycles. The van der Waals surface area contributed by atoms with E-state index in [1.807, 2.05) is 0 Å². The zero-order valence-corrected chi connectivity index (χ0v) is 11.9. The number of hydrogen-bond acceptors (Lipinski definition) is 8. The Bertz CT molecular complexity index is 707. The van der Waals surface area contributed by atoms with Gasteiger partial charge in [0.1, 0.15) is 24.1 Å². The Morgan fingerprint density at radius 1 is 1.45 bits per heavy atom. The van der Waals surface area contributed by atoms with Gasteiger partial charge in [-0.05, 0) is 0 Å². The maximum atomic E-state index is 10.5. The maximum Gasteiger partial charge on any atom is 0.245 e. The van der Waals surface area contributed by atoms with Gasteiger partial charge in [0.05, 0.1) is 26.7 Å². The van der Waals surface area contributed by atoms with Crippen molar-refractivity contribution in [1.82, 2.24) is 19.5 Å². The van der Waals surface area contributed by atoms with E-state index in [1.165, 1.54) is 19.8 Å². The van der Waals surface area contributed by atoms with Crippen molar-refractivity contribution in [3.8, 4) is 5.88 Å². The summed E-state index contributed by atoms with van der Waals surface area (Å²) in [6, 6.07) is 0. The fourth-order valence-corrected chi connectivity index (χ4v) is 3.24. The molecule has 0 bridgehead atoms.